The number of piperidine rings is 1. The quantitative estimate of drug-likeness (QED) is 0.841. The Morgan fingerprint density at radius 3 is 2.44 bits per heavy atom. The summed E-state index contributed by atoms with van der Waals surface area (Å²) in [4.78, 5) is 28.5. The van der Waals surface area contributed by atoms with Gasteiger partial charge in [-0.15, -0.1) is 0 Å². The molecule has 1 aromatic carbocycles. The minimum Gasteiger partial charge on any atom is -0.334 e. The Morgan fingerprint density at radius 2 is 1.80 bits per heavy atom. The smallest absolute Gasteiger partial charge is 0.242 e. The Bertz CT molecular complexity index is 630. The highest BCUT2D eigenvalue weighted by atomic mass is 16.2. The highest BCUT2D eigenvalue weighted by molar-refractivity contribution is 5.85. The summed E-state index contributed by atoms with van der Waals surface area (Å²) in [5, 5.41) is 0. The summed E-state index contributed by atoms with van der Waals surface area (Å²) in [7, 11) is 0. The number of hydrogen-bond donors (Lipinski definition) is 0. The molecule has 0 N–H and O–H groups in total. The van der Waals surface area contributed by atoms with E-state index in [0.29, 0.717) is 6.42 Å². The van der Waals surface area contributed by atoms with Crippen molar-refractivity contribution in [3.63, 3.8) is 0 Å². The van der Waals surface area contributed by atoms with E-state index in [1.165, 1.54) is 11.1 Å². The van der Waals surface area contributed by atoms with Crippen LogP contribution < -0.4 is 0 Å². The molecule has 0 aromatic heterocycles. The predicted molar refractivity (Wildman–Crippen MR) is 99.3 cm³/mol. The zero-order valence-corrected chi connectivity index (χ0v) is 15.8. The molecule has 1 aromatic rings. The maximum Gasteiger partial charge on any atom is 0.242 e. The van der Waals surface area contributed by atoms with Crippen LogP contribution >= 0.6 is 0 Å². The average molecular weight is 342 g/mol. The Morgan fingerprint density at radius 1 is 1.08 bits per heavy atom. The van der Waals surface area contributed by atoms with Crippen LogP contribution in [0.2, 0.25) is 0 Å². The molecule has 25 heavy (non-hydrogen) atoms. The van der Waals surface area contributed by atoms with Gasteiger partial charge in [0.05, 0.1) is 12.6 Å². The van der Waals surface area contributed by atoms with Crippen molar-refractivity contribution in [3.05, 3.63) is 35.4 Å². The van der Waals surface area contributed by atoms with E-state index < -0.39 is 0 Å². The molecule has 4 heteroatoms. The lowest BCUT2D eigenvalue weighted by molar-refractivity contribution is -0.142. The zero-order valence-electron chi connectivity index (χ0n) is 15.8. The standard InChI is InChI=1S/C21H30N2O2/c1-21(2,3)17-11-9-16(10-12-17)18-7-6-14-23(18)20(25)15-22-13-5-4-8-19(22)24/h9-12,18H,4-8,13-15H2,1-3H3. The van der Waals surface area contributed by atoms with Gasteiger partial charge < -0.3 is 9.80 Å². The van der Waals surface area contributed by atoms with Gasteiger partial charge in [-0.25, -0.2) is 0 Å². The lowest BCUT2D eigenvalue weighted by Gasteiger charge is -2.31. The van der Waals surface area contributed by atoms with Crippen LogP contribution in [-0.2, 0) is 15.0 Å². The second-order valence-electron chi connectivity index (χ2n) is 8.39. The molecular weight excluding hydrogens is 312 g/mol. The molecule has 0 spiro atoms. The molecule has 2 saturated heterocycles. The van der Waals surface area contributed by atoms with Crippen molar-refractivity contribution in [3.8, 4) is 0 Å². The SMILES string of the molecule is CC(C)(C)c1ccc(C2CCCN2C(=O)CN2CCCCC2=O)cc1. The first-order chi connectivity index (χ1) is 11.9. The first kappa shape index (κ1) is 18.0. The third-order valence-corrected chi connectivity index (χ3v) is 5.48. The predicted octanol–water partition coefficient (Wildman–Crippen LogP) is 3.66. The third-order valence-electron chi connectivity index (χ3n) is 5.48. The molecule has 2 amide bonds. The molecular formula is C21H30N2O2. The molecule has 2 fully saturated rings. The van der Waals surface area contributed by atoms with Crippen LogP contribution in [0.5, 0.6) is 0 Å². The van der Waals surface area contributed by atoms with Crippen molar-refractivity contribution in [2.24, 2.45) is 0 Å². The first-order valence-electron chi connectivity index (χ1n) is 9.54. The summed E-state index contributed by atoms with van der Waals surface area (Å²) in [6.07, 6.45) is 4.59. The summed E-state index contributed by atoms with van der Waals surface area (Å²) in [5.41, 5.74) is 2.66. The van der Waals surface area contributed by atoms with E-state index in [9.17, 15) is 9.59 Å². The fourth-order valence-corrected chi connectivity index (χ4v) is 3.90. The molecule has 2 aliphatic rings. The monoisotopic (exact) mass is 342 g/mol. The van der Waals surface area contributed by atoms with Gasteiger partial charge in [0.1, 0.15) is 0 Å². The summed E-state index contributed by atoms with van der Waals surface area (Å²) >= 11 is 0. The summed E-state index contributed by atoms with van der Waals surface area (Å²) in [6.45, 7) is 8.40. The number of likely N-dealkylation sites (tertiary alicyclic amines) is 2. The molecule has 0 bridgehead atoms. The van der Waals surface area contributed by atoms with E-state index in [2.05, 4.69) is 45.0 Å². The van der Waals surface area contributed by atoms with E-state index in [-0.39, 0.29) is 29.8 Å². The van der Waals surface area contributed by atoms with Gasteiger partial charge in [-0.3, -0.25) is 9.59 Å². The van der Waals surface area contributed by atoms with Crippen molar-refractivity contribution in [2.45, 2.75) is 64.3 Å². The van der Waals surface area contributed by atoms with Crippen molar-refractivity contribution in [1.82, 2.24) is 9.80 Å². The second kappa shape index (κ2) is 7.19. The number of carbonyl (C=O) groups is 2. The summed E-state index contributed by atoms with van der Waals surface area (Å²) in [6, 6.07) is 8.86. The third kappa shape index (κ3) is 4.05. The van der Waals surface area contributed by atoms with Crippen LogP contribution in [0.25, 0.3) is 0 Å². The Balaban J connectivity index is 1.69. The van der Waals surface area contributed by atoms with Crippen LogP contribution in [0.1, 0.15) is 70.0 Å². The molecule has 0 radical (unpaired) electrons. The van der Waals surface area contributed by atoms with Crippen LogP contribution in [0.4, 0.5) is 0 Å². The van der Waals surface area contributed by atoms with Gasteiger partial charge in [0, 0.05) is 19.5 Å². The van der Waals surface area contributed by atoms with Gasteiger partial charge in [0.25, 0.3) is 0 Å². The lowest BCUT2D eigenvalue weighted by atomic mass is 9.86. The van der Waals surface area contributed by atoms with E-state index in [1.807, 2.05) is 4.90 Å². The van der Waals surface area contributed by atoms with Crippen LogP contribution in [-0.4, -0.2) is 41.2 Å². The van der Waals surface area contributed by atoms with Gasteiger partial charge >= 0.3 is 0 Å². The molecule has 2 heterocycles. The van der Waals surface area contributed by atoms with E-state index in [4.69, 9.17) is 0 Å². The molecule has 1 unspecified atom stereocenters. The Hall–Kier alpha value is -1.84. The number of rotatable bonds is 3. The van der Waals surface area contributed by atoms with Gasteiger partial charge in [-0.1, -0.05) is 45.0 Å². The topological polar surface area (TPSA) is 40.6 Å². The highest BCUT2D eigenvalue weighted by Crippen LogP contribution is 2.33. The highest BCUT2D eigenvalue weighted by Gasteiger charge is 2.32. The Labute approximate surface area is 151 Å². The largest absolute Gasteiger partial charge is 0.334 e. The molecule has 1 atom stereocenters. The van der Waals surface area contributed by atoms with E-state index in [0.717, 1.165) is 38.8 Å². The van der Waals surface area contributed by atoms with Crippen molar-refractivity contribution in [1.29, 1.82) is 0 Å². The lowest BCUT2D eigenvalue weighted by Crippen LogP contribution is -2.44. The van der Waals surface area contributed by atoms with Gasteiger partial charge in [0.2, 0.25) is 11.8 Å². The van der Waals surface area contributed by atoms with Crippen LogP contribution in [0.3, 0.4) is 0 Å². The van der Waals surface area contributed by atoms with E-state index in [1.54, 1.807) is 4.90 Å². The molecule has 0 saturated carbocycles. The molecule has 2 aliphatic heterocycles. The first-order valence-corrected chi connectivity index (χ1v) is 9.54. The minimum absolute atomic E-state index is 0.0950. The zero-order chi connectivity index (χ0) is 18.0. The number of amides is 2. The minimum atomic E-state index is 0.0950. The molecule has 3 rings (SSSR count). The maximum absolute atomic E-state index is 12.8. The number of nitrogens with zero attached hydrogens (tertiary/aromatic N) is 2. The van der Waals surface area contributed by atoms with Crippen molar-refractivity contribution in [2.75, 3.05) is 19.6 Å². The van der Waals surface area contributed by atoms with Crippen molar-refractivity contribution >= 4 is 11.8 Å². The molecule has 0 aliphatic carbocycles. The van der Waals surface area contributed by atoms with Crippen molar-refractivity contribution < 1.29 is 9.59 Å². The van der Waals surface area contributed by atoms with Gasteiger partial charge in [0.15, 0.2) is 0 Å². The number of carbonyl (C=O) groups excluding carboxylic acids is 2. The molecule has 136 valence electrons. The number of hydrogen-bond acceptors (Lipinski definition) is 2. The fraction of sp³-hybridized carbons (Fsp3) is 0.619. The molecule has 4 nitrogen and oxygen atoms in total. The second-order valence-corrected chi connectivity index (χ2v) is 8.39. The van der Waals surface area contributed by atoms with Crippen LogP contribution in [0.15, 0.2) is 24.3 Å². The fourth-order valence-electron chi connectivity index (χ4n) is 3.90. The maximum atomic E-state index is 12.8. The van der Waals surface area contributed by atoms with E-state index >= 15 is 0 Å². The number of benzene rings is 1. The Kier molecular flexibility index (Phi) is 5.16. The summed E-state index contributed by atoms with van der Waals surface area (Å²) < 4.78 is 0. The van der Waals surface area contributed by atoms with Gasteiger partial charge in [-0.2, -0.15) is 0 Å². The normalized spacial score (nSPS) is 21.7. The summed E-state index contributed by atoms with van der Waals surface area (Å²) in [5.74, 6) is 0.225. The van der Waals surface area contributed by atoms with Gasteiger partial charge in [-0.05, 0) is 42.2 Å². The van der Waals surface area contributed by atoms with Crippen LogP contribution in [0, 0.1) is 0 Å². The average Bonchev–Trinajstić information content (AvgIpc) is 3.06.